The molecule has 0 fully saturated rings. The van der Waals surface area contributed by atoms with Crippen LogP contribution in [0.3, 0.4) is 0 Å². The molecule has 0 aromatic heterocycles. The first kappa shape index (κ1) is 15.1. The van der Waals surface area contributed by atoms with E-state index in [1.807, 2.05) is 0 Å². The minimum Gasteiger partial charge on any atom is -0.318 e. The van der Waals surface area contributed by atoms with Crippen LogP contribution in [0.2, 0.25) is 0 Å². The first-order valence-corrected chi connectivity index (χ1v) is 6.58. The van der Waals surface area contributed by atoms with Crippen LogP contribution in [0.5, 0.6) is 0 Å². The van der Waals surface area contributed by atoms with Gasteiger partial charge in [0.25, 0.3) is 0 Å². The predicted octanol–water partition coefficient (Wildman–Crippen LogP) is 3.30. The van der Waals surface area contributed by atoms with Crippen molar-refractivity contribution in [1.29, 1.82) is 0 Å². The van der Waals surface area contributed by atoms with Crippen molar-refractivity contribution in [2.75, 3.05) is 10.6 Å². The summed E-state index contributed by atoms with van der Waals surface area (Å²) in [5, 5.41) is 4.42. The van der Waals surface area contributed by atoms with Gasteiger partial charge in [0.15, 0.2) is 0 Å². The average molecular weight is 355 g/mol. The van der Waals surface area contributed by atoms with Crippen LogP contribution in [-0.4, -0.2) is 11.8 Å². The van der Waals surface area contributed by atoms with Gasteiger partial charge in [0.1, 0.15) is 11.6 Å². The Labute approximate surface area is 127 Å². The van der Waals surface area contributed by atoms with E-state index in [1.165, 1.54) is 0 Å². The number of carbonyl (C=O) groups excluding carboxylic acids is 2. The van der Waals surface area contributed by atoms with Gasteiger partial charge in [-0.3, -0.25) is 9.59 Å². The molecule has 0 unspecified atom stereocenters. The lowest BCUT2D eigenvalue weighted by Gasteiger charge is -2.07. The van der Waals surface area contributed by atoms with E-state index in [9.17, 15) is 18.4 Å². The lowest BCUT2D eigenvalue weighted by atomic mass is 10.3. The molecule has 2 aromatic carbocycles. The smallest absolute Gasteiger partial charge is 0.314 e. The van der Waals surface area contributed by atoms with E-state index in [1.54, 1.807) is 24.3 Å². The summed E-state index contributed by atoms with van der Waals surface area (Å²) < 4.78 is 26.8. The molecule has 0 saturated heterocycles. The number of carbonyl (C=O) groups is 2. The molecule has 7 heteroatoms. The Morgan fingerprint density at radius 2 is 1.67 bits per heavy atom. The zero-order valence-electron chi connectivity index (χ0n) is 10.5. The van der Waals surface area contributed by atoms with Crippen molar-refractivity contribution in [2.45, 2.75) is 0 Å². The molecule has 4 nitrogen and oxygen atoms in total. The highest BCUT2D eigenvalue weighted by atomic mass is 79.9. The highest BCUT2D eigenvalue weighted by molar-refractivity contribution is 9.10. The topological polar surface area (TPSA) is 58.2 Å². The Hall–Kier alpha value is -2.28. The molecule has 2 N–H and O–H groups in total. The van der Waals surface area contributed by atoms with Crippen molar-refractivity contribution < 1.29 is 18.4 Å². The summed E-state index contributed by atoms with van der Waals surface area (Å²) in [6.07, 6.45) is 0. The van der Waals surface area contributed by atoms with Gasteiger partial charge in [-0.15, -0.1) is 0 Å². The monoisotopic (exact) mass is 354 g/mol. The largest absolute Gasteiger partial charge is 0.318 e. The maximum atomic E-state index is 13.4. The minimum atomic E-state index is -1.06. The molecule has 0 saturated carbocycles. The lowest BCUT2D eigenvalue weighted by molar-refractivity contribution is -0.133. The Morgan fingerprint density at radius 3 is 2.33 bits per heavy atom. The van der Waals surface area contributed by atoms with Crippen molar-refractivity contribution in [1.82, 2.24) is 0 Å². The Bertz CT molecular complexity index is 707. The number of halogens is 3. The molecule has 0 atom stereocenters. The van der Waals surface area contributed by atoms with E-state index >= 15 is 0 Å². The number of anilines is 2. The van der Waals surface area contributed by atoms with Crippen LogP contribution in [0.25, 0.3) is 0 Å². The van der Waals surface area contributed by atoms with Crippen LogP contribution < -0.4 is 10.6 Å². The molecular weight excluding hydrogens is 346 g/mol. The van der Waals surface area contributed by atoms with E-state index in [0.29, 0.717) is 11.8 Å². The summed E-state index contributed by atoms with van der Waals surface area (Å²) in [5.74, 6) is -3.75. The number of rotatable bonds is 2. The molecular formula is C14H9BrF2N2O2. The third kappa shape index (κ3) is 4.09. The summed E-state index contributed by atoms with van der Waals surface area (Å²) in [4.78, 5) is 23.3. The van der Waals surface area contributed by atoms with Crippen molar-refractivity contribution in [3.05, 3.63) is 58.6 Å². The van der Waals surface area contributed by atoms with Gasteiger partial charge < -0.3 is 10.6 Å². The standard InChI is InChI=1S/C14H9BrF2N2O2/c15-8-2-1-3-10(6-8)18-13(20)14(21)19-12-5-4-9(16)7-11(12)17/h1-7H,(H,18,20)(H,19,21). The molecule has 2 rings (SSSR count). The number of nitrogens with one attached hydrogen (secondary N) is 2. The third-order valence-electron chi connectivity index (χ3n) is 2.47. The third-order valence-corrected chi connectivity index (χ3v) is 2.96. The minimum absolute atomic E-state index is 0.272. The molecule has 0 aliphatic rings. The molecule has 0 aliphatic carbocycles. The number of benzene rings is 2. The zero-order chi connectivity index (χ0) is 15.4. The maximum absolute atomic E-state index is 13.4. The molecule has 0 aliphatic heterocycles. The van der Waals surface area contributed by atoms with Gasteiger partial charge in [-0.25, -0.2) is 8.78 Å². The highest BCUT2D eigenvalue weighted by Crippen LogP contribution is 2.17. The summed E-state index contributed by atoms with van der Waals surface area (Å²) in [6.45, 7) is 0. The second-order valence-electron chi connectivity index (χ2n) is 4.04. The van der Waals surface area contributed by atoms with E-state index in [-0.39, 0.29) is 5.69 Å². The lowest BCUT2D eigenvalue weighted by Crippen LogP contribution is -2.29. The van der Waals surface area contributed by atoms with Crippen LogP contribution in [0, 0.1) is 11.6 Å². The maximum Gasteiger partial charge on any atom is 0.314 e. The van der Waals surface area contributed by atoms with Crippen LogP contribution >= 0.6 is 15.9 Å². The van der Waals surface area contributed by atoms with Crippen molar-refractivity contribution in [3.63, 3.8) is 0 Å². The quantitative estimate of drug-likeness (QED) is 0.813. The summed E-state index contributed by atoms with van der Waals surface area (Å²) in [5.41, 5.74) is 0.134. The van der Waals surface area contributed by atoms with Gasteiger partial charge in [0.05, 0.1) is 5.69 Å². The van der Waals surface area contributed by atoms with Crippen LogP contribution in [0.4, 0.5) is 20.2 Å². The first-order chi connectivity index (χ1) is 9.95. The van der Waals surface area contributed by atoms with Crippen LogP contribution in [0.15, 0.2) is 46.9 Å². The van der Waals surface area contributed by atoms with Crippen LogP contribution in [0.1, 0.15) is 0 Å². The summed E-state index contributed by atoms with van der Waals surface area (Å²) in [7, 11) is 0. The molecule has 21 heavy (non-hydrogen) atoms. The van der Waals surface area contributed by atoms with E-state index in [0.717, 1.165) is 16.6 Å². The molecule has 0 heterocycles. The zero-order valence-corrected chi connectivity index (χ0v) is 12.1. The van der Waals surface area contributed by atoms with E-state index < -0.39 is 23.4 Å². The average Bonchev–Trinajstić information content (AvgIpc) is 2.41. The van der Waals surface area contributed by atoms with E-state index in [2.05, 4.69) is 26.6 Å². The van der Waals surface area contributed by atoms with Crippen molar-refractivity contribution >= 4 is 39.1 Å². The second-order valence-corrected chi connectivity index (χ2v) is 4.96. The molecule has 2 amide bonds. The fraction of sp³-hybridized carbons (Fsp3) is 0. The second kappa shape index (κ2) is 6.45. The van der Waals surface area contributed by atoms with Gasteiger partial charge in [0.2, 0.25) is 0 Å². The van der Waals surface area contributed by atoms with Gasteiger partial charge in [0, 0.05) is 16.2 Å². The molecule has 0 bridgehead atoms. The predicted molar refractivity (Wildman–Crippen MR) is 77.8 cm³/mol. The number of amides is 2. The Balaban J connectivity index is 2.04. The first-order valence-electron chi connectivity index (χ1n) is 5.78. The summed E-state index contributed by atoms with van der Waals surface area (Å²) >= 11 is 3.22. The SMILES string of the molecule is O=C(Nc1cccc(Br)c1)C(=O)Nc1ccc(F)cc1F. The molecule has 0 spiro atoms. The van der Waals surface area contributed by atoms with E-state index in [4.69, 9.17) is 0 Å². The van der Waals surface area contributed by atoms with Gasteiger partial charge in [-0.2, -0.15) is 0 Å². The molecule has 108 valence electrons. The van der Waals surface area contributed by atoms with Gasteiger partial charge in [-0.05, 0) is 30.3 Å². The fourth-order valence-corrected chi connectivity index (χ4v) is 1.92. The molecule has 0 radical (unpaired) electrons. The van der Waals surface area contributed by atoms with Gasteiger partial charge >= 0.3 is 11.8 Å². The van der Waals surface area contributed by atoms with Gasteiger partial charge in [-0.1, -0.05) is 22.0 Å². The Morgan fingerprint density at radius 1 is 0.952 bits per heavy atom. The van der Waals surface area contributed by atoms with Crippen molar-refractivity contribution in [2.24, 2.45) is 0 Å². The number of hydrogen-bond donors (Lipinski definition) is 2. The van der Waals surface area contributed by atoms with Crippen LogP contribution in [-0.2, 0) is 9.59 Å². The fourth-order valence-electron chi connectivity index (χ4n) is 1.52. The highest BCUT2D eigenvalue weighted by Gasteiger charge is 2.16. The normalized spacial score (nSPS) is 10.0. The number of hydrogen-bond acceptors (Lipinski definition) is 2. The molecule has 2 aromatic rings. The Kier molecular flexibility index (Phi) is 4.64. The van der Waals surface area contributed by atoms with Crippen molar-refractivity contribution in [3.8, 4) is 0 Å². The summed E-state index contributed by atoms with van der Waals surface area (Å²) in [6, 6.07) is 9.25.